The molecule has 8 heteroatoms. The number of halogens is 3. The summed E-state index contributed by atoms with van der Waals surface area (Å²) in [5.74, 6) is 0.762. The van der Waals surface area contributed by atoms with Gasteiger partial charge in [0.25, 0.3) is 0 Å². The standard InChI is InChI=1S/C24H39Cl2FN2O3/c1-3-20(16-22(18-27)30-2)31-14-4-10-28-19-8-12-29(13-9-19)11-5-15-32-21-6-7-23(25)24(26)17-21/h6-7,17,19-20,22,28H,3-5,8-16,18H2,1-2H3. The average molecular weight is 493 g/mol. The van der Waals surface area contributed by atoms with Gasteiger partial charge in [-0.1, -0.05) is 30.1 Å². The number of nitrogens with zero attached hydrogens (tertiary/aromatic N) is 1. The summed E-state index contributed by atoms with van der Waals surface area (Å²) >= 11 is 11.9. The monoisotopic (exact) mass is 492 g/mol. The Morgan fingerprint density at radius 1 is 1.12 bits per heavy atom. The first-order valence-corrected chi connectivity index (χ1v) is 12.5. The van der Waals surface area contributed by atoms with E-state index in [-0.39, 0.29) is 12.2 Å². The molecule has 0 aliphatic carbocycles. The highest BCUT2D eigenvalue weighted by Crippen LogP contribution is 2.26. The van der Waals surface area contributed by atoms with Crippen molar-refractivity contribution in [3.63, 3.8) is 0 Å². The second-order valence-corrected chi connectivity index (χ2v) is 9.16. The van der Waals surface area contributed by atoms with Crippen LogP contribution >= 0.6 is 23.2 Å². The zero-order valence-electron chi connectivity index (χ0n) is 19.5. The summed E-state index contributed by atoms with van der Waals surface area (Å²) in [6, 6.07) is 5.94. The van der Waals surface area contributed by atoms with Crippen molar-refractivity contribution in [3.05, 3.63) is 28.2 Å². The van der Waals surface area contributed by atoms with Crippen molar-refractivity contribution in [3.8, 4) is 5.75 Å². The van der Waals surface area contributed by atoms with Crippen molar-refractivity contribution in [2.24, 2.45) is 0 Å². The van der Waals surface area contributed by atoms with Gasteiger partial charge in [0, 0.05) is 38.8 Å². The van der Waals surface area contributed by atoms with Crippen molar-refractivity contribution in [1.29, 1.82) is 0 Å². The molecule has 184 valence electrons. The van der Waals surface area contributed by atoms with Crippen LogP contribution in [0.1, 0.15) is 45.4 Å². The number of methoxy groups -OCH3 is 1. The number of likely N-dealkylation sites (tertiary alicyclic amines) is 1. The fraction of sp³-hybridized carbons (Fsp3) is 0.750. The Balaban J connectivity index is 1.49. The maximum Gasteiger partial charge on any atom is 0.120 e. The van der Waals surface area contributed by atoms with Crippen LogP contribution in [0.2, 0.25) is 10.0 Å². The highest BCUT2D eigenvalue weighted by molar-refractivity contribution is 6.42. The topological polar surface area (TPSA) is 43.0 Å². The molecule has 0 spiro atoms. The molecule has 1 aliphatic heterocycles. The summed E-state index contributed by atoms with van der Waals surface area (Å²) in [6.45, 7) is 7.21. The lowest BCUT2D eigenvalue weighted by atomic mass is 10.0. The molecule has 1 aromatic carbocycles. The number of piperidine rings is 1. The van der Waals surface area contributed by atoms with Crippen molar-refractivity contribution in [2.45, 2.75) is 63.7 Å². The first-order valence-electron chi connectivity index (χ1n) is 11.8. The molecule has 5 nitrogen and oxygen atoms in total. The van der Waals surface area contributed by atoms with E-state index < -0.39 is 6.67 Å². The summed E-state index contributed by atoms with van der Waals surface area (Å²) in [5.41, 5.74) is 0. The molecular weight excluding hydrogens is 454 g/mol. The Morgan fingerprint density at radius 3 is 2.56 bits per heavy atom. The highest BCUT2D eigenvalue weighted by Gasteiger charge is 2.18. The molecule has 0 aromatic heterocycles. The van der Waals surface area contributed by atoms with Crippen molar-refractivity contribution in [1.82, 2.24) is 10.2 Å². The number of ether oxygens (including phenoxy) is 3. The Morgan fingerprint density at radius 2 is 1.91 bits per heavy atom. The SMILES string of the molecule is CCC(CC(CF)OC)OCCCNC1CCN(CCCOc2ccc(Cl)c(Cl)c2)CC1. The Bertz CT molecular complexity index is 629. The van der Waals surface area contributed by atoms with Crippen LogP contribution in [0.5, 0.6) is 5.75 Å². The largest absolute Gasteiger partial charge is 0.493 e. The van der Waals surface area contributed by atoms with Crippen LogP contribution in [0.15, 0.2) is 18.2 Å². The third-order valence-corrected chi connectivity index (χ3v) is 6.70. The van der Waals surface area contributed by atoms with Crippen molar-refractivity contribution in [2.75, 3.05) is 53.2 Å². The normalized spacial score (nSPS) is 17.4. The Labute approximate surface area is 202 Å². The van der Waals surface area contributed by atoms with Crippen LogP contribution in [0, 0.1) is 0 Å². The second-order valence-electron chi connectivity index (χ2n) is 8.35. The van der Waals surface area contributed by atoms with E-state index in [0.29, 0.717) is 35.7 Å². The van der Waals surface area contributed by atoms with E-state index >= 15 is 0 Å². The van der Waals surface area contributed by atoms with E-state index in [1.54, 1.807) is 19.2 Å². The minimum Gasteiger partial charge on any atom is -0.493 e. The summed E-state index contributed by atoms with van der Waals surface area (Å²) in [4.78, 5) is 2.50. The zero-order chi connectivity index (χ0) is 23.2. The van der Waals surface area contributed by atoms with Crippen LogP contribution in [0.4, 0.5) is 4.39 Å². The van der Waals surface area contributed by atoms with Crippen LogP contribution in [-0.2, 0) is 9.47 Å². The first-order chi connectivity index (χ1) is 15.5. The second kappa shape index (κ2) is 16.1. The number of benzene rings is 1. The Hall–Kier alpha value is -0.630. The molecule has 1 saturated heterocycles. The molecule has 1 fully saturated rings. The quantitative estimate of drug-likeness (QED) is 0.314. The van der Waals surface area contributed by atoms with Crippen LogP contribution < -0.4 is 10.1 Å². The minimum absolute atomic E-state index is 0.0691. The predicted molar refractivity (Wildman–Crippen MR) is 130 cm³/mol. The smallest absolute Gasteiger partial charge is 0.120 e. The minimum atomic E-state index is -0.457. The van der Waals surface area contributed by atoms with E-state index in [1.165, 1.54) is 0 Å². The van der Waals surface area contributed by atoms with Gasteiger partial charge < -0.3 is 24.4 Å². The maximum absolute atomic E-state index is 12.8. The molecule has 0 radical (unpaired) electrons. The number of hydrogen-bond donors (Lipinski definition) is 1. The van der Waals surface area contributed by atoms with Gasteiger partial charge >= 0.3 is 0 Å². The average Bonchev–Trinajstić information content (AvgIpc) is 2.81. The molecule has 2 atom stereocenters. The third-order valence-electron chi connectivity index (χ3n) is 5.96. The zero-order valence-corrected chi connectivity index (χ0v) is 21.0. The number of rotatable bonds is 16. The summed E-state index contributed by atoms with van der Waals surface area (Å²) in [6.07, 6.45) is 5.50. The summed E-state index contributed by atoms with van der Waals surface area (Å²) in [5, 5.41) is 4.72. The van der Waals surface area contributed by atoms with Crippen molar-refractivity contribution < 1.29 is 18.6 Å². The molecule has 32 heavy (non-hydrogen) atoms. The van der Waals surface area contributed by atoms with Gasteiger partial charge in [-0.3, -0.25) is 0 Å². The van der Waals surface area contributed by atoms with Gasteiger partial charge in [0.05, 0.1) is 28.9 Å². The van der Waals surface area contributed by atoms with Crippen LogP contribution in [0.25, 0.3) is 0 Å². The van der Waals surface area contributed by atoms with Crippen LogP contribution in [-0.4, -0.2) is 76.3 Å². The molecule has 0 saturated carbocycles. The molecule has 1 aliphatic rings. The lowest BCUT2D eigenvalue weighted by molar-refractivity contribution is -0.0107. The van der Waals surface area contributed by atoms with Gasteiger partial charge in [-0.25, -0.2) is 4.39 Å². The molecular formula is C24H39Cl2FN2O3. The van der Waals surface area contributed by atoms with E-state index in [4.69, 9.17) is 37.4 Å². The third kappa shape index (κ3) is 10.5. The molecule has 1 N–H and O–H groups in total. The molecule has 0 bridgehead atoms. The maximum atomic E-state index is 12.8. The molecule has 1 heterocycles. The van der Waals surface area contributed by atoms with Gasteiger partial charge in [-0.05, 0) is 63.9 Å². The lowest BCUT2D eigenvalue weighted by Crippen LogP contribution is -2.43. The van der Waals surface area contributed by atoms with Gasteiger partial charge in [0.2, 0.25) is 0 Å². The molecule has 2 unspecified atom stereocenters. The molecule has 2 rings (SSSR count). The predicted octanol–water partition coefficient (Wildman–Crippen LogP) is 5.38. The number of alkyl halides is 1. The van der Waals surface area contributed by atoms with E-state index in [9.17, 15) is 4.39 Å². The Kier molecular flexibility index (Phi) is 13.9. The van der Waals surface area contributed by atoms with Gasteiger partial charge in [0.1, 0.15) is 12.4 Å². The van der Waals surface area contributed by atoms with Crippen molar-refractivity contribution >= 4 is 23.2 Å². The molecule has 0 amide bonds. The van der Waals surface area contributed by atoms with Crippen LogP contribution in [0.3, 0.4) is 0 Å². The molecule has 1 aromatic rings. The van der Waals surface area contributed by atoms with E-state index in [1.807, 2.05) is 6.07 Å². The number of hydrogen-bond acceptors (Lipinski definition) is 5. The van der Waals surface area contributed by atoms with Gasteiger partial charge in [-0.2, -0.15) is 0 Å². The van der Waals surface area contributed by atoms with Gasteiger partial charge in [-0.15, -0.1) is 0 Å². The summed E-state index contributed by atoms with van der Waals surface area (Å²) in [7, 11) is 1.55. The fourth-order valence-corrected chi connectivity index (χ4v) is 4.19. The first kappa shape index (κ1) is 27.6. The van der Waals surface area contributed by atoms with Gasteiger partial charge in [0.15, 0.2) is 0 Å². The van der Waals surface area contributed by atoms with E-state index in [2.05, 4.69) is 17.1 Å². The lowest BCUT2D eigenvalue weighted by Gasteiger charge is -2.32. The highest BCUT2D eigenvalue weighted by atomic mass is 35.5. The number of nitrogens with one attached hydrogen (secondary N) is 1. The van der Waals surface area contributed by atoms with E-state index in [0.717, 1.165) is 64.0 Å². The fourth-order valence-electron chi connectivity index (χ4n) is 3.90. The summed E-state index contributed by atoms with van der Waals surface area (Å²) < 4.78 is 29.6.